The van der Waals surface area contributed by atoms with Gasteiger partial charge in [-0.05, 0) is 12.1 Å². The zero-order valence-corrected chi connectivity index (χ0v) is 6.37. The van der Waals surface area contributed by atoms with Crippen LogP contribution in [0.2, 0.25) is 0 Å². The molecule has 0 fully saturated rings. The molecule has 3 nitrogen and oxygen atoms in total. The summed E-state index contributed by atoms with van der Waals surface area (Å²) in [5, 5.41) is 17.3. The molecule has 0 bridgehead atoms. The van der Waals surface area contributed by atoms with E-state index >= 15 is 0 Å². The summed E-state index contributed by atoms with van der Waals surface area (Å²) >= 11 is 0. The fraction of sp³-hybridized carbons (Fsp3) is 0. The second-order valence-electron chi connectivity index (χ2n) is 2.36. The third-order valence-electron chi connectivity index (χ3n) is 1.55. The fourth-order valence-corrected chi connectivity index (χ4v) is 0.946. The highest BCUT2D eigenvalue weighted by atomic mass is 19.2. The molecular formula is C7H5BF2O3. The first kappa shape index (κ1) is 9.82. The quantitative estimate of drug-likeness (QED) is 0.481. The summed E-state index contributed by atoms with van der Waals surface area (Å²) in [5.74, 6) is -2.65. The van der Waals surface area contributed by atoms with Crippen LogP contribution < -0.4 is 5.46 Å². The van der Waals surface area contributed by atoms with Gasteiger partial charge in [0.25, 0.3) is 0 Å². The summed E-state index contributed by atoms with van der Waals surface area (Å²) in [4.78, 5) is 10.3. The Kier molecular flexibility index (Phi) is 2.74. The first-order valence-electron chi connectivity index (χ1n) is 3.37. The first-order chi connectivity index (χ1) is 6.07. The Morgan fingerprint density at radius 2 is 1.92 bits per heavy atom. The third-order valence-corrected chi connectivity index (χ3v) is 1.55. The van der Waals surface area contributed by atoms with Crippen LogP contribution in [0.4, 0.5) is 8.78 Å². The standard InChI is InChI=1S/C7H5BF2O3/c9-5-2-1-4(3-11)6(7(5)10)8(12)13/h1-3,12-13H. The molecule has 0 unspecified atom stereocenters. The predicted molar refractivity (Wildman–Crippen MR) is 41.6 cm³/mol. The molecule has 6 heteroatoms. The van der Waals surface area contributed by atoms with E-state index in [0.29, 0.717) is 0 Å². The minimum absolute atomic E-state index is 0.220. The van der Waals surface area contributed by atoms with Gasteiger partial charge in [-0.1, -0.05) is 0 Å². The average Bonchev–Trinajstić information content (AvgIpc) is 2.08. The van der Waals surface area contributed by atoms with Gasteiger partial charge in [0.1, 0.15) is 6.29 Å². The number of hydrogen-bond donors (Lipinski definition) is 2. The van der Waals surface area contributed by atoms with Crippen LogP contribution in [0.5, 0.6) is 0 Å². The molecule has 1 aromatic rings. The van der Waals surface area contributed by atoms with E-state index in [9.17, 15) is 13.6 Å². The SMILES string of the molecule is O=Cc1ccc(F)c(F)c1B(O)O. The van der Waals surface area contributed by atoms with Crippen molar-refractivity contribution in [3.63, 3.8) is 0 Å². The molecule has 0 spiro atoms. The lowest BCUT2D eigenvalue weighted by Gasteiger charge is -2.04. The van der Waals surface area contributed by atoms with Gasteiger partial charge >= 0.3 is 7.12 Å². The summed E-state index contributed by atoms with van der Waals surface area (Å²) in [6, 6.07) is 1.71. The Morgan fingerprint density at radius 1 is 1.31 bits per heavy atom. The van der Waals surface area contributed by atoms with E-state index in [0.717, 1.165) is 12.1 Å². The predicted octanol–water partition coefficient (Wildman–Crippen LogP) is -0.543. The molecular weight excluding hydrogens is 181 g/mol. The van der Waals surface area contributed by atoms with Crippen molar-refractivity contribution in [1.29, 1.82) is 0 Å². The highest BCUT2D eigenvalue weighted by molar-refractivity contribution is 6.60. The summed E-state index contributed by atoms with van der Waals surface area (Å²) in [6.45, 7) is 0. The van der Waals surface area contributed by atoms with Crippen molar-refractivity contribution in [3.05, 3.63) is 29.3 Å². The number of halogens is 2. The van der Waals surface area contributed by atoms with Crippen molar-refractivity contribution in [3.8, 4) is 0 Å². The summed E-state index contributed by atoms with van der Waals surface area (Å²) in [6.07, 6.45) is 0.220. The van der Waals surface area contributed by atoms with Crippen molar-refractivity contribution >= 4 is 18.9 Å². The molecule has 0 saturated heterocycles. The molecule has 2 N–H and O–H groups in total. The van der Waals surface area contributed by atoms with Gasteiger partial charge in [0.05, 0.1) is 0 Å². The van der Waals surface area contributed by atoms with Gasteiger partial charge < -0.3 is 10.0 Å². The third kappa shape index (κ3) is 1.73. The molecule has 13 heavy (non-hydrogen) atoms. The van der Waals surface area contributed by atoms with E-state index in [1.54, 1.807) is 0 Å². The maximum atomic E-state index is 12.8. The molecule has 0 aliphatic rings. The lowest BCUT2D eigenvalue weighted by atomic mass is 9.76. The smallest absolute Gasteiger partial charge is 0.423 e. The fourth-order valence-electron chi connectivity index (χ4n) is 0.946. The van der Waals surface area contributed by atoms with Gasteiger partial charge in [-0.3, -0.25) is 4.79 Å². The Hall–Kier alpha value is -1.27. The minimum atomic E-state index is -2.20. The number of hydrogen-bond acceptors (Lipinski definition) is 3. The van der Waals surface area contributed by atoms with Crippen molar-refractivity contribution in [2.45, 2.75) is 0 Å². The molecule has 1 rings (SSSR count). The Bertz CT molecular complexity index is 341. The van der Waals surface area contributed by atoms with Crippen LogP contribution in [-0.4, -0.2) is 23.5 Å². The summed E-state index contributed by atoms with van der Waals surface area (Å²) in [7, 11) is -2.20. The zero-order valence-electron chi connectivity index (χ0n) is 6.37. The molecule has 0 heterocycles. The van der Waals surface area contributed by atoms with Crippen LogP contribution in [0.25, 0.3) is 0 Å². The second-order valence-corrected chi connectivity index (χ2v) is 2.36. The van der Waals surface area contributed by atoms with Gasteiger partial charge in [0.2, 0.25) is 0 Å². The van der Waals surface area contributed by atoms with E-state index in [2.05, 4.69) is 0 Å². The second kappa shape index (κ2) is 3.63. The van der Waals surface area contributed by atoms with E-state index in [1.807, 2.05) is 0 Å². The number of carbonyl (C=O) groups excluding carboxylic acids is 1. The van der Waals surface area contributed by atoms with Crippen LogP contribution >= 0.6 is 0 Å². The van der Waals surface area contributed by atoms with Crippen LogP contribution in [0.1, 0.15) is 10.4 Å². The number of aldehydes is 1. The monoisotopic (exact) mass is 186 g/mol. The molecule has 0 aromatic heterocycles. The molecule has 0 saturated carbocycles. The summed E-state index contributed by atoms with van der Waals surface area (Å²) < 4.78 is 25.4. The largest absolute Gasteiger partial charge is 0.492 e. The van der Waals surface area contributed by atoms with Crippen molar-refractivity contribution < 1.29 is 23.6 Å². The normalized spacial score (nSPS) is 9.85. The van der Waals surface area contributed by atoms with E-state index < -0.39 is 24.2 Å². The van der Waals surface area contributed by atoms with Crippen LogP contribution in [0.3, 0.4) is 0 Å². The van der Waals surface area contributed by atoms with E-state index in [1.165, 1.54) is 0 Å². The Labute approximate surface area is 72.8 Å². The molecule has 0 atom stereocenters. The maximum absolute atomic E-state index is 12.8. The highest BCUT2D eigenvalue weighted by Gasteiger charge is 2.23. The van der Waals surface area contributed by atoms with Gasteiger partial charge in [-0.2, -0.15) is 0 Å². The minimum Gasteiger partial charge on any atom is -0.423 e. The summed E-state index contributed by atoms with van der Waals surface area (Å²) in [5.41, 5.74) is -1.02. The molecule has 0 radical (unpaired) electrons. The average molecular weight is 186 g/mol. The molecule has 0 aliphatic carbocycles. The van der Waals surface area contributed by atoms with Crippen LogP contribution in [0.15, 0.2) is 12.1 Å². The molecule has 0 amide bonds. The topological polar surface area (TPSA) is 57.5 Å². The number of rotatable bonds is 2. The Morgan fingerprint density at radius 3 is 2.38 bits per heavy atom. The van der Waals surface area contributed by atoms with Crippen molar-refractivity contribution in [2.75, 3.05) is 0 Å². The lowest BCUT2D eigenvalue weighted by molar-refractivity contribution is 0.112. The van der Waals surface area contributed by atoms with Gasteiger partial charge in [-0.15, -0.1) is 0 Å². The zero-order chi connectivity index (χ0) is 10.0. The lowest BCUT2D eigenvalue weighted by Crippen LogP contribution is -2.36. The van der Waals surface area contributed by atoms with E-state index in [4.69, 9.17) is 10.0 Å². The maximum Gasteiger partial charge on any atom is 0.492 e. The Balaban J connectivity index is 3.41. The number of benzene rings is 1. The van der Waals surface area contributed by atoms with Gasteiger partial charge in [0.15, 0.2) is 11.6 Å². The van der Waals surface area contributed by atoms with Crippen molar-refractivity contribution in [2.24, 2.45) is 0 Å². The molecule has 68 valence electrons. The number of carbonyl (C=O) groups is 1. The first-order valence-corrected chi connectivity index (χ1v) is 3.37. The van der Waals surface area contributed by atoms with Crippen LogP contribution in [0, 0.1) is 11.6 Å². The van der Waals surface area contributed by atoms with Crippen molar-refractivity contribution in [1.82, 2.24) is 0 Å². The van der Waals surface area contributed by atoms with Gasteiger partial charge in [0, 0.05) is 11.0 Å². The van der Waals surface area contributed by atoms with E-state index in [-0.39, 0.29) is 11.8 Å². The highest BCUT2D eigenvalue weighted by Crippen LogP contribution is 2.05. The van der Waals surface area contributed by atoms with Crippen LogP contribution in [-0.2, 0) is 0 Å². The molecule has 1 aromatic carbocycles. The molecule has 0 aliphatic heterocycles. The van der Waals surface area contributed by atoms with Gasteiger partial charge in [-0.25, -0.2) is 8.78 Å².